The molecule has 14 heavy (non-hydrogen) atoms. The number of thiophene rings is 1. The Balaban J connectivity index is 2.81. The van der Waals surface area contributed by atoms with Gasteiger partial charge in [0.1, 0.15) is 4.21 Å². The van der Waals surface area contributed by atoms with Crippen LogP contribution < -0.4 is 10.7 Å². The Hall–Kier alpha value is -1.18. The maximum Gasteiger partial charge on any atom is 0.248 e. The Labute approximate surface area is 83.2 Å². The first-order chi connectivity index (χ1) is 6.47. The first-order valence-electron chi connectivity index (χ1n) is 3.62. The fourth-order valence-electron chi connectivity index (χ4n) is 1.07. The van der Waals surface area contributed by atoms with Crippen molar-refractivity contribution in [1.82, 2.24) is 4.98 Å². The number of aromatic nitrogens is 1. The molecule has 0 saturated heterocycles. The molecule has 2 heterocycles. The first-order valence-corrected chi connectivity index (χ1v) is 5.99. The lowest BCUT2D eigenvalue weighted by atomic mass is 10.4. The maximum atomic E-state index is 11.0. The molecule has 0 aliphatic heterocycles. The topological polar surface area (TPSA) is 93.0 Å². The molecular formula is C7H6N2O3S2. The van der Waals surface area contributed by atoms with Gasteiger partial charge in [0, 0.05) is 6.07 Å². The summed E-state index contributed by atoms with van der Waals surface area (Å²) in [6.45, 7) is 0. The summed E-state index contributed by atoms with van der Waals surface area (Å²) in [5, 5.41) is 4.95. The van der Waals surface area contributed by atoms with Crippen molar-refractivity contribution in [3.63, 3.8) is 0 Å². The predicted octanol–water partition coefficient (Wildman–Crippen LogP) is 0.237. The number of aromatic amines is 1. The van der Waals surface area contributed by atoms with Crippen molar-refractivity contribution in [2.24, 2.45) is 5.14 Å². The van der Waals surface area contributed by atoms with Crippen LogP contribution in [0, 0.1) is 0 Å². The third-order valence-electron chi connectivity index (χ3n) is 1.66. The van der Waals surface area contributed by atoms with Crippen molar-refractivity contribution in [3.8, 4) is 0 Å². The second kappa shape index (κ2) is 2.91. The molecule has 0 fully saturated rings. The van der Waals surface area contributed by atoms with Gasteiger partial charge in [0.25, 0.3) is 0 Å². The van der Waals surface area contributed by atoms with Gasteiger partial charge >= 0.3 is 0 Å². The van der Waals surface area contributed by atoms with E-state index in [1.807, 2.05) is 0 Å². The van der Waals surface area contributed by atoms with E-state index >= 15 is 0 Å². The van der Waals surface area contributed by atoms with E-state index < -0.39 is 10.0 Å². The largest absolute Gasteiger partial charge is 0.321 e. The zero-order valence-corrected chi connectivity index (χ0v) is 8.48. The molecule has 0 unspecified atom stereocenters. The quantitative estimate of drug-likeness (QED) is 0.734. The van der Waals surface area contributed by atoms with E-state index in [2.05, 4.69) is 4.98 Å². The molecular weight excluding hydrogens is 224 g/mol. The predicted molar refractivity (Wildman–Crippen MR) is 53.8 cm³/mol. The number of hydrogen-bond acceptors (Lipinski definition) is 4. The normalized spacial score (nSPS) is 12.1. The SMILES string of the molecule is NS(=O)(=O)c1cc2[nH]c(=O)ccc2s1. The molecule has 0 aliphatic carbocycles. The van der Waals surface area contributed by atoms with Crippen LogP contribution in [0.3, 0.4) is 0 Å². The highest BCUT2D eigenvalue weighted by molar-refractivity contribution is 7.91. The fraction of sp³-hybridized carbons (Fsp3) is 0. The van der Waals surface area contributed by atoms with Gasteiger partial charge in [-0.15, -0.1) is 11.3 Å². The van der Waals surface area contributed by atoms with Crippen LogP contribution in [-0.2, 0) is 10.0 Å². The molecule has 0 amide bonds. The summed E-state index contributed by atoms with van der Waals surface area (Å²) in [5.41, 5.74) is 0.225. The van der Waals surface area contributed by atoms with E-state index in [9.17, 15) is 13.2 Å². The Morgan fingerprint density at radius 1 is 1.36 bits per heavy atom. The Bertz CT molecular complexity index is 638. The number of primary sulfonamides is 1. The number of nitrogens with one attached hydrogen (secondary N) is 1. The highest BCUT2D eigenvalue weighted by Gasteiger charge is 2.12. The molecule has 7 heteroatoms. The molecule has 74 valence electrons. The van der Waals surface area contributed by atoms with Crippen LogP contribution in [-0.4, -0.2) is 13.4 Å². The number of nitrogens with two attached hydrogens (primary N) is 1. The first kappa shape index (κ1) is 9.38. The molecule has 0 aromatic carbocycles. The second-order valence-electron chi connectivity index (χ2n) is 2.71. The molecule has 2 aromatic rings. The van der Waals surface area contributed by atoms with E-state index in [1.165, 1.54) is 12.1 Å². The summed E-state index contributed by atoms with van der Waals surface area (Å²) < 4.78 is 22.7. The van der Waals surface area contributed by atoms with Gasteiger partial charge in [-0.3, -0.25) is 4.79 Å². The third-order valence-corrected chi connectivity index (χ3v) is 4.18. The van der Waals surface area contributed by atoms with E-state index in [1.54, 1.807) is 6.07 Å². The van der Waals surface area contributed by atoms with Crippen molar-refractivity contribution >= 4 is 31.6 Å². The van der Waals surface area contributed by atoms with Crippen molar-refractivity contribution in [1.29, 1.82) is 0 Å². The van der Waals surface area contributed by atoms with E-state index in [-0.39, 0.29) is 9.77 Å². The van der Waals surface area contributed by atoms with E-state index in [0.29, 0.717) is 10.2 Å². The van der Waals surface area contributed by atoms with Gasteiger partial charge < -0.3 is 4.98 Å². The molecule has 0 bridgehead atoms. The summed E-state index contributed by atoms with van der Waals surface area (Å²) >= 11 is 1.03. The smallest absolute Gasteiger partial charge is 0.248 e. The molecule has 2 aromatic heterocycles. The van der Waals surface area contributed by atoms with Crippen molar-refractivity contribution in [2.75, 3.05) is 0 Å². The van der Waals surface area contributed by atoms with Crippen LogP contribution in [0.5, 0.6) is 0 Å². The molecule has 0 radical (unpaired) electrons. The lowest BCUT2D eigenvalue weighted by Crippen LogP contribution is -2.09. The molecule has 5 nitrogen and oxygen atoms in total. The number of sulfonamides is 1. The van der Waals surface area contributed by atoms with E-state index in [4.69, 9.17) is 5.14 Å². The number of rotatable bonds is 1. The minimum atomic E-state index is -3.68. The maximum absolute atomic E-state index is 11.0. The Morgan fingerprint density at radius 3 is 2.71 bits per heavy atom. The van der Waals surface area contributed by atoms with Crippen molar-refractivity contribution in [2.45, 2.75) is 4.21 Å². The van der Waals surface area contributed by atoms with Gasteiger partial charge in [0.2, 0.25) is 15.6 Å². The second-order valence-corrected chi connectivity index (χ2v) is 5.58. The highest BCUT2D eigenvalue weighted by Crippen LogP contribution is 2.25. The molecule has 2 rings (SSSR count). The van der Waals surface area contributed by atoms with E-state index in [0.717, 1.165) is 11.3 Å². The van der Waals surface area contributed by atoms with Crippen LogP contribution in [0.25, 0.3) is 10.2 Å². The number of pyridine rings is 1. The summed E-state index contributed by atoms with van der Waals surface area (Å²) in [6, 6.07) is 4.26. The van der Waals surface area contributed by atoms with Crippen molar-refractivity contribution < 1.29 is 8.42 Å². The summed E-state index contributed by atoms with van der Waals surface area (Å²) in [7, 11) is -3.68. The average molecular weight is 230 g/mol. The lowest BCUT2D eigenvalue weighted by molar-refractivity contribution is 0.600. The van der Waals surface area contributed by atoms with Crippen molar-refractivity contribution in [3.05, 3.63) is 28.6 Å². The van der Waals surface area contributed by atoms with Gasteiger partial charge in [-0.2, -0.15) is 0 Å². The van der Waals surface area contributed by atoms with Gasteiger partial charge in [-0.25, -0.2) is 13.6 Å². The Morgan fingerprint density at radius 2 is 2.07 bits per heavy atom. The minimum absolute atomic E-state index is 0.0503. The van der Waals surface area contributed by atoms with Gasteiger partial charge in [-0.05, 0) is 12.1 Å². The van der Waals surface area contributed by atoms with Crippen LogP contribution in [0.15, 0.2) is 27.2 Å². The fourth-order valence-corrected chi connectivity index (χ4v) is 2.83. The average Bonchev–Trinajstić information content (AvgIpc) is 2.45. The number of hydrogen-bond donors (Lipinski definition) is 2. The monoisotopic (exact) mass is 230 g/mol. The van der Waals surface area contributed by atoms with Gasteiger partial charge in [0.05, 0.1) is 10.2 Å². The minimum Gasteiger partial charge on any atom is -0.321 e. The molecule has 0 saturated carbocycles. The number of fused-ring (bicyclic) bond motifs is 1. The number of H-pyrrole nitrogens is 1. The van der Waals surface area contributed by atoms with Crippen LogP contribution in [0.2, 0.25) is 0 Å². The molecule has 0 atom stereocenters. The van der Waals surface area contributed by atoms with Gasteiger partial charge in [-0.1, -0.05) is 0 Å². The summed E-state index contributed by atoms with van der Waals surface area (Å²) in [5.74, 6) is 0. The zero-order chi connectivity index (χ0) is 10.3. The Kier molecular flexibility index (Phi) is 1.95. The summed E-state index contributed by atoms with van der Waals surface area (Å²) in [4.78, 5) is 13.4. The standard InChI is InChI=1S/C7H6N2O3S2/c8-14(11,12)7-3-4-5(13-7)1-2-6(10)9-4/h1-3H,(H,9,10)(H2,8,11,12). The van der Waals surface area contributed by atoms with Crippen LogP contribution in [0.4, 0.5) is 0 Å². The third kappa shape index (κ3) is 1.57. The molecule has 0 spiro atoms. The highest BCUT2D eigenvalue weighted by atomic mass is 32.2. The summed E-state index contributed by atoms with van der Waals surface area (Å²) in [6.07, 6.45) is 0. The molecule has 0 aliphatic rings. The zero-order valence-electron chi connectivity index (χ0n) is 6.85. The van der Waals surface area contributed by atoms with Crippen LogP contribution in [0.1, 0.15) is 0 Å². The van der Waals surface area contributed by atoms with Crippen LogP contribution >= 0.6 is 11.3 Å². The van der Waals surface area contributed by atoms with Gasteiger partial charge in [0.15, 0.2) is 0 Å². The lowest BCUT2D eigenvalue weighted by Gasteiger charge is -1.86. The molecule has 3 N–H and O–H groups in total.